The van der Waals surface area contributed by atoms with Gasteiger partial charge in [-0.3, -0.25) is 0 Å². The first-order valence-corrected chi connectivity index (χ1v) is 11.1. The van der Waals surface area contributed by atoms with Crippen LogP contribution in [0.15, 0.2) is 17.1 Å². The largest absolute Gasteiger partial charge is 0.493 e. The van der Waals surface area contributed by atoms with E-state index in [4.69, 9.17) is 4.74 Å². The maximum absolute atomic E-state index is 13.4. The third-order valence-electron chi connectivity index (χ3n) is 3.61. The van der Waals surface area contributed by atoms with Gasteiger partial charge in [-0.15, -0.1) is 0 Å². The Morgan fingerprint density at radius 2 is 1.96 bits per heavy atom. The average Bonchev–Trinajstić information content (AvgIpc) is 2.48. The van der Waals surface area contributed by atoms with Gasteiger partial charge in [0.1, 0.15) is 5.75 Å². The number of aryl methyl sites for hydroxylation is 1. The molecule has 0 bridgehead atoms. The number of hydrogen-bond donors (Lipinski definition) is 0. The molecule has 0 saturated carbocycles. The van der Waals surface area contributed by atoms with Crippen molar-refractivity contribution in [1.29, 1.82) is 0 Å². The van der Waals surface area contributed by atoms with E-state index in [0.29, 0.717) is 12.3 Å². The number of alkyl halides is 2. The minimum Gasteiger partial charge on any atom is -0.493 e. The maximum Gasteiger partial charge on any atom is 0.267 e. The van der Waals surface area contributed by atoms with Gasteiger partial charge in [-0.1, -0.05) is 0 Å². The highest BCUT2D eigenvalue weighted by Crippen LogP contribution is 2.37. The van der Waals surface area contributed by atoms with E-state index >= 15 is 0 Å². The van der Waals surface area contributed by atoms with Crippen LogP contribution in [0.5, 0.6) is 5.75 Å². The van der Waals surface area contributed by atoms with Crippen molar-refractivity contribution in [1.82, 2.24) is 4.90 Å². The fourth-order valence-electron chi connectivity index (χ4n) is 2.04. The van der Waals surface area contributed by atoms with E-state index in [1.165, 1.54) is 6.07 Å². The number of benzene rings is 1. The summed E-state index contributed by atoms with van der Waals surface area (Å²) < 4.78 is 32.4. The molecule has 1 aromatic rings. The number of aliphatic imine (C=N–C) groups is 1. The quantitative estimate of drug-likeness (QED) is 0.351. The molecule has 0 amide bonds. The molecule has 0 aliphatic carbocycles. The van der Waals surface area contributed by atoms with Gasteiger partial charge in [0.25, 0.3) is 6.43 Å². The Kier molecular flexibility index (Phi) is 8.00. The second-order valence-corrected chi connectivity index (χ2v) is 11.4. The molecule has 3 nitrogen and oxygen atoms in total. The second kappa shape index (κ2) is 9.25. The van der Waals surface area contributed by atoms with Crippen LogP contribution in [-0.4, -0.2) is 56.0 Å². The van der Waals surface area contributed by atoms with Crippen molar-refractivity contribution in [3.05, 3.63) is 23.3 Å². The van der Waals surface area contributed by atoms with Crippen LogP contribution in [0.4, 0.5) is 14.5 Å². The Morgan fingerprint density at radius 3 is 2.50 bits per heavy atom. The summed E-state index contributed by atoms with van der Waals surface area (Å²) in [5.74, 6) is 1.34. The number of rotatable bonds is 9. The van der Waals surface area contributed by atoms with Crippen LogP contribution in [-0.2, 0) is 0 Å². The number of ether oxygens (including phenoxy) is 1. The first kappa shape index (κ1) is 20.7. The summed E-state index contributed by atoms with van der Waals surface area (Å²) in [5, 5.41) is 0. The van der Waals surface area contributed by atoms with Crippen molar-refractivity contribution >= 4 is 22.1 Å². The summed E-state index contributed by atoms with van der Waals surface area (Å²) in [6.45, 7) is 5.13. The standard InChI is InChI=1S/C18H30F2N2OS/c1-7-22(3)13-21-16-12-15(18(19)20)17(11-14(16)2)23-9-8-10-24(4,5)6/h11-13,18H,7-10H2,1-6H3. The summed E-state index contributed by atoms with van der Waals surface area (Å²) in [5.41, 5.74) is 1.30. The summed E-state index contributed by atoms with van der Waals surface area (Å²) >= 11 is 0. The van der Waals surface area contributed by atoms with Crippen LogP contribution in [0.3, 0.4) is 0 Å². The molecule has 0 saturated heterocycles. The van der Waals surface area contributed by atoms with Crippen molar-refractivity contribution in [2.45, 2.75) is 26.7 Å². The lowest BCUT2D eigenvalue weighted by Crippen LogP contribution is -2.14. The van der Waals surface area contributed by atoms with Crippen LogP contribution >= 0.6 is 10.0 Å². The molecular weight excluding hydrogens is 330 g/mol. The third-order valence-corrected chi connectivity index (χ3v) is 5.13. The zero-order chi connectivity index (χ0) is 18.3. The molecule has 0 N–H and O–H groups in total. The van der Waals surface area contributed by atoms with Crippen molar-refractivity contribution in [2.24, 2.45) is 4.99 Å². The fraction of sp³-hybridized carbons (Fsp3) is 0.611. The van der Waals surface area contributed by atoms with E-state index in [1.807, 2.05) is 25.8 Å². The molecule has 138 valence electrons. The SMILES string of the molecule is CCN(C)C=Nc1cc(C(F)F)c(OCCCS(C)(C)C)cc1C. The smallest absolute Gasteiger partial charge is 0.267 e. The van der Waals surface area contributed by atoms with Crippen molar-refractivity contribution in [2.75, 3.05) is 44.7 Å². The lowest BCUT2D eigenvalue weighted by atomic mass is 10.1. The van der Waals surface area contributed by atoms with Crippen LogP contribution in [0.1, 0.15) is 30.9 Å². The normalized spacial score (nSPS) is 12.9. The topological polar surface area (TPSA) is 24.8 Å². The molecule has 6 heteroatoms. The van der Waals surface area contributed by atoms with Crippen LogP contribution in [0.2, 0.25) is 0 Å². The highest BCUT2D eigenvalue weighted by molar-refractivity contribution is 8.32. The lowest BCUT2D eigenvalue weighted by molar-refractivity contribution is 0.145. The van der Waals surface area contributed by atoms with Crippen LogP contribution < -0.4 is 4.74 Å². The van der Waals surface area contributed by atoms with Crippen LogP contribution in [0, 0.1) is 6.92 Å². The molecule has 1 aromatic carbocycles. The van der Waals surface area contributed by atoms with E-state index in [9.17, 15) is 8.78 Å². The van der Waals surface area contributed by atoms with Crippen molar-refractivity contribution < 1.29 is 13.5 Å². The molecule has 0 radical (unpaired) electrons. The summed E-state index contributed by atoms with van der Waals surface area (Å²) in [7, 11) is 1.30. The van der Waals surface area contributed by atoms with E-state index in [0.717, 1.165) is 24.3 Å². The Hall–Kier alpha value is -1.30. The first-order valence-electron chi connectivity index (χ1n) is 8.10. The molecule has 0 aliphatic rings. The summed E-state index contributed by atoms with van der Waals surface area (Å²) in [4.78, 5) is 6.19. The van der Waals surface area contributed by atoms with Gasteiger partial charge in [0.05, 0.1) is 24.2 Å². The number of nitrogens with zero attached hydrogens (tertiary/aromatic N) is 2. The molecular formula is C18H30F2N2OS. The molecule has 0 atom stereocenters. The molecule has 24 heavy (non-hydrogen) atoms. The zero-order valence-corrected chi connectivity index (χ0v) is 16.4. The van der Waals surface area contributed by atoms with E-state index in [1.54, 1.807) is 12.4 Å². The summed E-state index contributed by atoms with van der Waals surface area (Å²) in [6, 6.07) is 3.11. The monoisotopic (exact) mass is 360 g/mol. The van der Waals surface area contributed by atoms with E-state index in [2.05, 4.69) is 23.8 Å². The van der Waals surface area contributed by atoms with Gasteiger partial charge >= 0.3 is 0 Å². The average molecular weight is 361 g/mol. The highest BCUT2D eigenvalue weighted by atomic mass is 32.3. The van der Waals surface area contributed by atoms with E-state index in [-0.39, 0.29) is 11.3 Å². The molecule has 0 aliphatic heterocycles. The minimum atomic E-state index is -2.58. The molecule has 0 heterocycles. The van der Waals surface area contributed by atoms with Gasteiger partial charge in [-0.2, -0.15) is 0 Å². The highest BCUT2D eigenvalue weighted by Gasteiger charge is 2.17. The van der Waals surface area contributed by atoms with Gasteiger partial charge < -0.3 is 9.64 Å². The Balaban J connectivity index is 2.89. The zero-order valence-electron chi connectivity index (χ0n) is 15.6. The fourth-order valence-corrected chi connectivity index (χ4v) is 3.02. The number of halogens is 2. The van der Waals surface area contributed by atoms with Crippen molar-refractivity contribution in [3.8, 4) is 5.75 Å². The molecule has 0 unspecified atom stereocenters. The third kappa shape index (κ3) is 7.07. The molecule has 0 aromatic heterocycles. The lowest BCUT2D eigenvalue weighted by Gasteiger charge is -2.25. The van der Waals surface area contributed by atoms with Gasteiger partial charge in [0.15, 0.2) is 0 Å². The molecule has 0 fully saturated rings. The predicted molar refractivity (Wildman–Crippen MR) is 103 cm³/mol. The molecule has 1 rings (SSSR count). The molecule has 0 spiro atoms. The van der Waals surface area contributed by atoms with Crippen LogP contribution in [0.25, 0.3) is 0 Å². The Labute approximate surface area is 146 Å². The first-order chi connectivity index (χ1) is 11.1. The van der Waals surface area contributed by atoms with Gasteiger partial charge in [-0.25, -0.2) is 23.8 Å². The minimum absolute atomic E-state index is 0.0880. The van der Waals surface area contributed by atoms with Gasteiger partial charge in [-0.05, 0) is 62.5 Å². The summed E-state index contributed by atoms with van der Waals surface area (Å²) in [6.07, 6.45) is 6.67. The Bertz CT molecular complexity index is 557. The second-order valence-electron chi connectivity index (χ2n) is 6.79. The van der Waals surface area contributed by atoms with Gasteiger partial charge in [0, 0.05) is 13.6 Å². The van der Waals surface area contributed by atoms with E-state index < -0.39 is 16.5 Å². The Morgan fingerprint density at radius 1 is 1.29 bits per heavy atom. The van der Waals surface area contributed by atoms with Crippen molar-refractivity contribution in [3.63, 3.8) is 0 Å². The predicted octanol–water partition coefficient (Wildman–Crippen LogP) is 5.01. The number of hydrogen-bond acceptors (Lipinski definition) is 2. The maximum atomic E-state index is 13.4. The van der Waals surface area contributed by atoms with Gasteiger partial charge in [0.2, 0.25) is 0 Å².